The molecule has 0 saturated carbocycles. The number of rotatable bonds is 2. The number of hydrogen-bond donors (Lipinski definition) is 0. The second kappa shape index (κ2) is 3.65. The zero-order chi connectivity index (χ0) is 10.1. The van der Waals surface area contributed by atoms with E-state index in [0.29, 0.717) is 6.54 Å². The largest absolute Gasteiger partial charge is 0.467 e. The lowest BCUT2D eigenvalue weighted by molar-refractivity contribution is -0.597. The molecule has 0 radical (unpaired) electrons. The lowest BCUT2D eigenvalue weighted by Gasteiger charge is -2.11. The fourth-order valence-electron chi connectivity index (χ4n) is 1.98. The van der Waals surface area contributed by atoms with Crippen LogP contribution in [0.1, 0.15) is 19.3 Å². The molecule has 0 amide bonds. The maximum Gasteiger partial charge on any atom is 0.338 e. The number of nitroso groups, excluding NO2 is 1. The second-order valence-electron chi connectivity index (χ2n) is 3.75. The molecule has 2 heterocycles. The van der Waals surface area contributed by atoms with E-state index in [2.05, 4.69) is 4.74 Å². The second-order valence-corrected chi connectivity index (χ2v) is 3.75. The van der Waals surface area contributed by atoms with Crippen molar-refractivity contribution in [1.82, 2.24) is 0 Å². The molecule has 0 bridgehead atoms. The van der Waals surface area contributed by atoms with Crippen molar-refractivity contribution in [2.75, 3.05) is 13.7 Å². The number of nitrogens with zero attached hydrogens (tertiary/aromatic N) is 1. The van der Waals surface area contributed by atoms with Crippen LogP contribution < -0.4 is 0 Å². The highest BCUT2D eigenvalue weighted by Crippen LogP contribution is 2.32. The Balaban J connectivity index is 1.91. The van der Waals surface area contributed by atoms with Gasteiger partial charge in [0.1, 0.15) is 0 Å². The predicted molar refractivity (Wildman–Crippen MR) is 46.8 cm³/mol. The van der Waals surface area contributed by atoms with Crippen LogP contribution in [0.25, 0.3) is 0 Å². The molecule has 2 saturated heterocycles. The average molecular weight is 200 g/mol. The Hall–Kier alpha value is -0.970. The van der Waals surface area contributed by atoms with E-state index in [4.69, 9.17) is 4.74 Å². The van der Waals surface area contributed by atoms with Gasteiger partial charge >= 0.3 is 5.97 Å². The van der Waals surface area contributed by atoms with Crippen molar-refractivity contribution in [3.63, 3.8) is 0 Å². The van der Waals surface area contributed by atoms with Crippen molar-refractivity contribution < 1.29 is 19.0 Å². The van der Waals surface area contributed by atoms with Gasteiger partial charge in [-0.1, -0.05) is 0 Å². The van der Waals surface area contributed by atoms with Crippen molar-refractivity contribution in [3.05, 3.63) is 4.91 Å². The summed E-state index contributed by atoms with van der Waals surface area (Å²) in [4.78, 5) is 22.5. The topological polar surface area (TPSA) is 58.9 Å². The number of piperidine rings is 1. The number of carbonyl (C=O) groups excluding carboxylic acids is 1. The van der Waals surface area contributed by atoms with Crippen molar-refractivity contribution in [2.45, 2.75) is 37.5 Å². The molecule has 3 atom stereocenters. The molecule has 14 heavy (non-hydrogen) atoms. The first kappa shape index (κ1) is 9.58. The van der Waals surface area contributed by atoms with E-state index in [9.17, 15) is 9.70 Å². The zero-order valence-electron chi connectivity index (χ0n) is 8.14. The van der Waals surface area contributed by atoms with E-state index in [1.165, 1.54) is 7.11 Å². The number of esters is 1. The third kappa shape index (κ3) is 1.64. The van der Waals surface area contributed by atoms with Crippen LogP contribution in [0.15, 0.2) is 0 Å². The molecule has 0 aliphatic carbocycles. The van der Waals surface area contributed by atoms with Crippen molar-refractivity contribution >= 4 is 5.97 Å². The molecule has 5 heteroatoms. The van der Waals surface area contributed by atoms with Crippen LogP contribution in [0.4, 0.5) is 0 Å². The smallest absolute Gasteiger partial charge is 0.338 e. The minimum absolute atomic E-state index is 0.146. The SMILES string of the molecule is COC(=O)C1OC1C1CCCC[N+]1=O. The summed E-state index contributed by atoms with van der Waals surface area (Å²) >= 11 is 0. The normalized spacial score (nSPS) is 36.6. The lowest BCUT2D eigenvalue weighted by Crippen LogP contribution is -2.36. The van der Waals surface area contributed by atoms with Gasteiger partial charge in [0.25, 0.3) is 0 Å². The monoisotopic (exact) mass is 200 g/mol. The number of methoxy groups -OCH3 is 1. The third-order valence-electron chi connectivity index (χ3n) is 2.84. The molecule has 0 N–H and O–H groups in total. The highest BCUT2D eigenvalue weighted by atomic mass is 16.6. The van der Waals surface area contributed by atoms with Gasteiger partial charge in [0, 0.05) is 22.5 Å². The molecule has 0 aromatic rings. The minimum Gasteiger partial charge on any atom is -0.467 e. The standard InChI is InChI=1S/C9H14NO4/c1-13-9(11)8-7(14-8)6-4-2-3-5-10(6)12/h6-8H,2-5H2,1H3/q+1. The first-order valence-electron chi connectivity index (χ1n) is 4.91. The Kier molecular flexibility index (Phi) is 2.50. The van der Waals surface area contributed by atoms with Gasteiger partial charge in [0.2, 0.25) is 6.04 Å². The number of ether oxygens (including phenoxy) is 2. The molecule has 78 valence electrons. The highest BCUT2D eigenvalue weighted by Gasteiger charge is 2.57. The van der Waals surface area contributed by atoms with E-state index >= 15 is 0 Å². The molecule has 2 rings (SSSR count). The molecule has 0 aromatic heterocycles. The van der Waals surface area contributed by atoms with Gasteiger partial charge in [0.05, 0.1) is 7.11 Å². The highest BCUT2D eigenvalue weighted by molar-refractivity contribution is 5.77. The summed E-state index contributed by atoms with van der Waals surface area (Å²) < 4.78 is 10.7. The molecule has 5 nitrogen and oxygen atoms in total. The van der Waals surface area contributed by atoms with E-state index in [1.807, 2.05) is 0 Å². The maximum absolute atomic E-state index is 11.4. The fourth-order valence-corrected chi connectivity index (χ4v) is 1.98. The Bertz CT molecular complexity index is 266. The Labute approximate surface area is 81.9 Å². The summed E-state index contributed by atoms with van der Waals surface area (Å²) in [7, 11) is 1.33. The van der Waals surface area contributed by atoms with Crippen molar-refractivity contribution in [3.8, 4) is 0 Å². The van der Waals surface area contributed by atoms with Crippen LogP contribution in [0, 0.1) is 4.91 Å². The minimum atomic E-state index is -0.500. The van der Waals surface area contributed by atoms with Gasteiger partial charge in [0.15, 0.2) is 18.8 Å². The molecule has 0 spiro atoms. The van der Waals surface area contributed by atoms with Gasteiger partial charge in [-0.2, -0.15) is 0 Å². The van der Waals surface area contributed by atoms with Crippen LogP contribution in [0.3, 0.4) is 0 Å². The molecular weight excluding hydrogens is 186 g/mol. The van der Waals surface area contributed by atoms with Crippen molar-refractivity contribution in [1.29, 1.82) is 0 Å². The molecule has 3 unspecified atom stereocenters. The first-order valence-corrected chi connectivity index (χ1v) is 4.91. The Morgan fingerprint density at radius 2 is 2.29 bits per heavy atom. The molecule has 2 aliphatic rings. The zero-order valence-corrected chi connectivity index (χ0v) is 8.14. The maximum atomic E-state index is 11.4. The molecule has 2 aliphatic heterocycles. The average Bonchev–Trinajstić information content (AvgIpc) is 2.97. The van der Waals surface area contributed by atoms with Crippen LogP contribution in [-0.4, -0.2) is 42.6 Å². The van der Waals surface area contributed by atoms with Gasteiger partial charge in [-0.15, -0.1) is 0 Å². The summed E-state index contributed by atoms with van der Waals surface area (Å²) in [5.74, 6) is -0.367. The van der Waals surface area contributed by atoms with Crippen LogP contribution in [0.2, 0.25) is 0 Å². The Morgan fingerprint density at radius 1 is 1.50 bits per heavy atom. The summed E-state index contributed by atoms with van der Waals surface area (Å²) in [6.45, 7) is 0.554. The van der Waals surface area contributed by atoms with Crippen LogP contribution in [0.5, 0.6) is 0 Å². The summed E-state index contributed by atoms with van der Waals surface area (Å²) in [6, 6.07) is -0.146. The van der Waals surface area contributed by atoms with Gasteiger partial charge in [-0.3, -0.25) is 0 Å². The van der Waals surface area contributed by atoms with E-state index in [-0.39, 0.29) is 18.1 Å². The third-order valence-corrected chi connectivity index (χ3v) is 2.84. The summed E-state index contributed by atoms with van der Waals surface area (Å²) in [5, 5.41) is 0. The predicted octanol–water partition coefficient (Wildman–Crippen LogP) is 0.258. The van der Waals surface area contributed by atoms with Gasteiger partial charge in [-0.25, -0.2) is 4.79 Å². The number of carbonyl (C=O) groups is 1. The van der Waals surface area contributed by atoms with Gasteiger partial charge in [-0.05, 0) is 6.42 Å². The summed E-state index contributed by atoms with van der Waals surface area (Å²) in [5.41, 5.74) is 0. The van der Waals surface area contributed by atoms with Crippen molar-refractivity contribution in [2.24, 2.45) is 0 Å². The fraction of sp³-hybridized carbons (Fsp3) is 0.889. The summed E-state index contributed by atoms with van der Waals surface area (Å²) in [6.07, 6.45) is 2.06. The molecule has 2 fully saturated rings. The number of hydrogen-bond acceptors (Lipinski definition) is 4. The lowest BCUT2D eigenvalue weighted by atomic mass is 10.0. The quantitative estimate of drug-likeness (QED) is 0.364. The Morgan fingerprint density at radius 3 is 2.93 bits per heavy atom. The van der Waals surface area contributed by atoms with E-state index in [0.717, 1.165) is 24.0 Å². The molecule has 0 aromatic carbocycles. The van der Waals surface area contributed by atoms with Gasteiger partial charge < -0.3 is 9.47 Å². The van der Waals surface area contributed by atoms with E-state index in [1.54, 1.807) is 0 Å². The van der Waals surface area contributed by atoms with E-state index < -0.39 is 6.10 Å². The molecular formula is C9H14NO4+. The number of epoxide rings is 1. The van der Waals surface area contributed by atoms with Crippen LogP contribution in [-0.2, 0) is 14.3 Å². The van der Waals surface area contributed by atoms with Crippen LogP contribution >= 0.6 is 0 Å². The first-order chi connectivity index (χ1) is 6.74.